The summed E-state index contributed by atoms with van der Waals surface area (Å²) in [6.07, 6.45) is 0. The number of hydrogen-bond acceptors (Lipinski definition) is 5. The van der Waals surface area contributed by atoms with Crippen molar-refractivity contribution >= 4 is 38.6 Å². The normalized spacial score (nSPS) is 11.3. The van der Waals surface area contributed by atoms with Crippen molar-refractivity contribution in [3.63, 3.8) is 0 Å². The van der Waals surface area contributed by atoms with Crippen molar-refractivity contribution in [1.82, 2.24) is 4.98 Å². The van der Waals surface area contributed by atoms with Crippen LogP contribution < -0.4 is 10.0 Å². The van der Waals surface area contributed by atoms with Gasteiger partial charge in [-0.15, -0.1) is 11.3 Å². The van der Waals surface area contributed by atoms with E-state index in [1.54, 1.807) is 19.1 Å². The van der Waals surface area contributed by atoms with Gasteiger partial charge in [0.1, 0.15) is 15.7 Å². The Balaban J connectivity index is 1.50. The van der Waals surface area contributed by atoms with Crippen LogP contribution >= 0.6 is 11.3 Å². The Bertz CT molecular complexity index is 1440. The summed E-state index contributed by atoms with van der Waals surface area (Å²) in [6.45, 7) is 5.41. The highest BCUT2D eigenvalue weighted by Gasteiger charge is 2.19. The van der Waals surface area contributed by atoms with Gasteiger partial charge in [0.25, 0.3) is 15.9 Å². The lowest BCUT2D eigenvalue weighted by Crippen LogP contribution is -2.15. The Morgan fingerprint density at radius 2 is 1.53 bits per heavy atom. The lowest BCUT2D eigenvalue weighted by molar-refractivity contribution is 0.103. The van der Waals surface area contributed by atoms with Crippen LogP contribution in [0.15, 0.2) is 71.6 Å². The molecule has 4 aromatic rings. The molecule has 34 heavy (non-hydrogen) atoms. The van der Waals surface area contributed by atoms with Crippen LogP contribution in [0.3, 0.4) is 0 Å². The summed E-state index contributed by atoms with van der Waals surface area (Å²) in [5.41, 5.74) is 3.93. The van der Waals surface area contributed by atoms with E-state index in [1.807, 2.05) is 32.0 Å². The van der Waals surface area contributed by atoms with Gasteiger partial charge in [-0.1, -0.05) is 18.2 Å². The first-order valence-corrected chi connectivity index (χ1v) is 12.7. The molecule has 1 amide bonds. The zero-order chi connectivity index (χ0) is 24.5. The largest absolute Gasteiger partial charge is 0.321 e. The van der Waals surface area contributed by atoms with Crippen molar-refractivity contribution in [3.8, 4) is 10.6 Å². The third kappa shape index (κ3) is 5.00. The second-order valence-electron chi connectivity index (χ2n) is 7.79. The quantitative estimate of drug-likeness (QED) is 0.347. The van der Waals surface area contributed by atoms with Gasteiger partial charge >= 0.3 is 0 Å². The predicted molar refractivity (Wildman–Crippen MR) is 133 cm³/mol. The molecule has 0 saturated heterocycles. The second kappa shape index (κ2) is 9.36. The Morgan fingerprint density at radius 1 is 0.912 bits per heavy atom. The minimum Gasteiger partial charge on any atom is -0.321 e. The van der Waals surface area contributed by atoms with Gasteiger partial charge < -0.3 is 5.32 Å². The fraction of sp³-hybridized carbons (Fsp3) is 0.120. The van der Waals surface area contributed by atoms with Crippen molar-refractivity contribution in [2.45, 2.75) is 25.7 Å². The van der Waals surface area contributed by atoms with Crippen LogP contribution in [0.4, 0.5) is 15.8 Å². The van der Waals surface area contributed by atoms with Crippen LogP contribution in [-0.2, 0) is 10.0 Å². The molecule has 0 atom stereocenters. The number of amides is 1. The fourth-order valence-corrected chi connectivity index (χ4v) is 5.57. The van der Waals surface area contributed by atoms with Crippen LogP contribution in [0.5, 0.6) is 0 Å². The average Bonchev–Trinajstić information content (AvgIpc) is 3.19. The number of carbonyl (C=O) groups excluding carboxylic acids is 1. The zero-order valence-electron chi connectivity index (χ0n) is 18.7. The van der Waals surface area contributed by atoms with Gasteiger partial charge in [0.15, 0.2) is 0 Å². The predicted octanol–water partition coefficient (Wildman–Crippen LogP) is 5.93. The number of rotatable bonds is 6. The highest BCUT2D eigenvalue weighted by molar-refractivity contribution is 7.92. The van der Waals surface area contributed by atoms with E-state index >= 15 is 0 Å². The van der Waals surface area contributed by atoms with E-state index in [0.717, 1.165) is 16.7 Å². The molecule has 0 bridgehead atoms. The maximum atomic E-state index is 13.2. The molecule has 6 nitrogen and oxygen atoms in total. The van der Waals surface area contributed by atoms with E-state index in [1.165, 1.54) is 47.7 Å². The summed E-state index contributed by atoms with van der Waals surface area (Å²) in [5.74, 6) is -0.697. The number of nitrogens with one attached hydrogen (secondary N) is 2. The molecular formula is C25H22FN3O3S2. The van der Waals surface area contributed by atoms with Gasteiger partial charge in [0.05, 0.1) is 16.3 Å². The molecule has 4 rings (SSSR count). The summed E-state index contributed by atoms with van der Waals surface area (Å²) >= 11 is 1.21. The molecule has 0 aliphatic rings. The van der Waals surface area contributed by atoms with Gasteiger partial charge in [-0.3, -0.25) is 9.52 Å². The Hall–Kier alpha value is -3.56. The van der Waals surface area contributed by atoms with E-state index in [4.69, 9.17) is 0 Å². The summed E-state index contributed by atoms with van der Waals surface area (Å²) in [4.78, 5) is 17.7. The standard InChI is InChI=1S/C25H22FN3O3S2/c1-15-5-4-6-16(2)22(15)29-34(31,32)21-13-11-20(12-14-21)28-24(30)23-17(3)27-25(33-23)18-7-9-19(26)10-8-18/h4-14,29H,1-3H3,(H,28,30). The van der Waals surface area contributed by atoms with Crippen molar-refractivity contribution in [3.05, 3.63) is 94.2 Å². The number of halogens is 1. The lowest BCUT2D eigenvalue weighted by Gasteiger charge is -2.13. The molecule has 0 fully saturated rings. The molecule has 174 valence electrons. The van der Waals surface area contributed by atoms with Crippen molar-refractivity contribution in [2.24, 2.45) is 0 Å². The zero-order valence-corrected chi connectivity index (χ0v) is 20.4. The number of para-hydroxylation sites is 1. The molecule has 3 aromatic carbocycles. The van der Waals surface area contributed by atoms with Crippen molar-refractivity contribution in [1.29, 1.82) is 0 Å². The SMILES string of the molecule is Cc1cccc(C)c1NS(=O)(=O)c1ccc(NC(=O)c2sc(-c3ccc(F)cc3)nc2C)cc1. The van der Waals surface area contributed by atoms with Crippen LogP contribution in [0.25, 0.3) is 10.6 Å². The molecule has 0 aliphatic carbocycles. The second-order valence-corrected chi connectivity index (χ2v) is 10.5. The van der Waals surface area contributed by atoms with Gasteiger partial charge in [-0.05, 0) is 80.4 Å². The maximum Gasteiger partial charge on any atom is 0.267 e. The number of aryl methyl sites for hydroxylation is 3. The number of benzene rings is 3. The molecule has 0 aliphatic heterocycles. The van der Waals surface area contributed by atoms with Crippen molar-refractivity contribution < 1.29 is 17.6 Å². The van der Waals surface area contributed by atoms with Gasteiger partial charge in [0, 0.05) is 11.3 Å². The summed E-state index contributed by atoms with van der Waals surface area (Å²) in [5, 5.41) is 3.39. The van der Waals surface area contributed by atoms with Crippen molar-refractivity contribution in [2.75, 3.05) is 10.0 Å². The van der Waals surface area contributed by atoms with E-state index in [2.05, 4.69) is 15.0 Å². The molecular weight excluding hydrogens is 473 g/mol. The monoisotopic (exact) mass is 495 g/mol. The molecule has 1 heterocycles. The highest BCUT2D eigenvalue weighted by atomic mass is 32.2. The third-order valence-corrected chi connectivity index (χ3v) is 7.80. The Morgan fingerprint density at radius 3 is 2.15 bits per heavy atom. The summed E-state index contributed by atoms with van der Waals surface area (Å²) in [7, 11) is -3.79. The first-order chi connectivity index (χ1) is 16.1. The number of nitrogens with zero attached hydrogens (tertiary/aromatic N) is 1. The van der Waals surface area contributed by atoms with Gasteiger partial charge in [-0.2, -0.15) is 0 Å². The fourth-order valence-electron chi connectivity index (χ4n) is 3.40. The maximum absolute atomic E-state index is 13.2. The minimum atomic E-state index is -3.79. The molecule has 0 unspecified atom stereocenters. The average molecular weight is 496 g/mol. The van der Waals surface area contributed by atoms with Crippen LogP contribution in [0.2, 0.25) is 0 Å². The van der Waals surface area contributed by atoms with Crippen LogP contribution in [-0.4, -0.2) is 19.3 Å². The number of carbonyl (C=O) groups is 1. The Kier molecular flexibility index (Phi) is 6.49. The highest BCUT2D eigenvalue weighted by Crippen LogP contribution is 2.29. The molecule has 0 radical (unpaired) electrons. The third-order valence-electron chi connectivity index (χ3n) is 5.23. The number of anilines is 2. The van der Waals surface area contributed by atoms with Crippen LogP contribution in [0.1, 0.15) is 26.5 Å². The van der Waals surface area contributed by atoms with E-state index in [-0.39, 0.29) is 16.6 Å². The summed E-state index contributed by atoms with van der Waals surface area (Å²) < 4.78 is 41.5. The topological polar surface area (TPSA) is 88.2 Å². The molecule has 9 heteroatoms. The van der Waals surface area contributed by atoms with Crippen LogP contribution in [0, 0.1) is 26.6 Å². The molecule has 0 spiro atoms. The molecule has 1 aromatic heterocycles. The van der Waals surface area contributed by atoms with Gasteiger partial charge in [-0.25, -0.2) is 17.8 Å². The number of sulfonamides is 1. The van der Waals surface area contributed by atoms with Gasteiger partial charge in [0.2, 0.25) is 0 Å². The lowest BCUT2D eigenvalue weighted by atomic mass is 10.1. The van der Waals surface area contributed by atoms with E-state index < -0.39 is 10.0 Å². The van der Waals surface area contributed by atoms with E-state index in [0.29, 0.717) is 27.0 Å². The smallest absolute Gasteiger partial charge is 0.267 e. The molecule has 0 saturated carbocycles. The summed E-state index contributed by atoms with van der Waals surface area (Å²) in [6, 6.07) is 17.4. The first kappa shape index (κ1) is 23.6. The number of aromatic nitrogens is 1. The number of thiazole rings is 1. The molecule has 2 N–H and O–H groups in total. The first-order valence-electron chi connectivity index (χ1n) is 10.4. The number of hydrogen-bond donors (Lipinski definition) is 2. The Labute approximate surface area is 201 Å². The minimum absolute atomic E-state index is 0.0840. The van der Waals surface area contributed by atoms with E-state index in [9.17, 15) is 17.6 Å².